The van der Waals surface area contributed by atoms with Gasteiger partial charge in [-0.1, -0.05) is 50.5 Å². The van der Waals surface area contributed by atoms with Crippen molar-refractivity contribution in [3.63, 3.8) is 0 Å². The van der Waals surface area contributed by atoms with Crippen molar-refractivity contribution in [2.45, 2.75) is 44.0 Å². The van der Waals surface area contributed by atoms with Crippen LogP contribution in [-0.2, 0) is 6.54 Å². The number of carbonyl (C=O) groups excluding carboxylic acids is 1. The fourth-order valence-corrected chi connectivity index (χ4v) is 3.20. The zero-order valence-corrected chi connectivity index (χ0v) is 18.1. The fraction of sp³-hybridized carbons (Fsp3) is 0.364. The Bertz CT molecular complexity index is 763. The molecular formula is C22H28N2O2S2. The maximum Gasteiger partial charge on any atom is 0.261 e. The number of amides is 1. The molecule has 4 nitrogen and oxygen atoms in total. The van der Waals surface area contributed by atoms with Crippen molar-refractivity contribution in [2.24, 2.45) is 0 Å². The first-order valence-electron chi connectivity index (χ1n) is 9.58. The maximum absolute atomic E-state index is 12.6. The highest BCUT2D eigenvalue weighted by Gasteiger charge is 2.13. The minimum Gasteiger partial charge on any atom is -0.493 e. The van der Waals surface area contributed by atoms with Crippen LogP contribution in [0.15, 0.2) is 53.4 Å². The van der Waals surface area contributed by atoms with Gasteiger partial charge in [-0.05, 0) is 54.7 Å². The quantitative estimate of drug-likeness (QED) is 0.318. The van der Waals surface area contributed by atoms with Crippen LogP contribution in [0.4, 0.5) is 0 Å². The van der Waals surface area contributed by atoms with Crippen molar-refractivity contribution in [1.82, 2.24) is 10.6 Å². The Morgan fingerprint density at radius 1 is 1.07 bits per heavy atom. The minimum atomic E-state index is -0.264. The third-order valence-electron chi connectivity index (χ3n) is 4.23. The number of thioether (sulfide) groups is 1. The summed E-state index contributed by atoms with van der Waals surface area (Å²) >= 11 is 6.97. The van der Waals surface area contributed by atoms with Gasteiger partial charge in [0.15, 0.2) is 5.11 Å². The van der Waals surface area contributed by atoms with Crippen molar-refractivity contribution in [2.75, 3.05) is 12.9 Å². The average Bonchev–Trinajstić information content (AvgIpc) is 2.72. The number of para-hydroxylation sites is 1. The molecule has 6 heteroatoms. The van der Waals surface area contributed by atoms with Crippen LogP contribution in [0.1, 0.15) is 48.5 Å². The highest BCUT2D eigenvalue weighted by atomic mass is 32.2. The predicted octanol–water partition coefficient (Wildman–Crippen LogP) is 5.17. The van der Waals surface area contributed by atoms with Crippen molar-refractivity contribution in [3.8, 4) is 5.75 Å². The van der Waals surface area contributed by atoms with Crippen LogP contribution >= 0.6 is 24.0 Å². The molecule has 2 N–H and O–H groups in total. The van der Waals surface area contributed by atoms with Gasteiger partial charge in [0, 0.05) is 11.4 Å². The Kier molecular flexibility index (Phi) is 9.86. The molecule has 0 spiro atoms. The van der Waals surface area contributed by atoms with Gasteiger partial charge in [0.2, 0.25) is 0 Å². The summed E-state index contributed by atoms with van der Waals surface area (Å²) in [5, 5.41) is 6.11. The number of hydrogen-bond donors (Lipinski definition) is 2. The average molecular weight is 417 g/mol. The van der Waals surface area contributed by atoms with Crippen molar-refractivity contribution >= 4 is 35.0 Å². The summed E-state index contributed by atoms with van der Waals surface area (Å²) in [6.45, 7) is 3.35. The number of carbonyl (C=O) groups is 1. The van der Waals surface area contributed by atoms with Crippen LogP contribution < -0.4 is 15.4 Å². The second-order valence-corrected chi connectivity index (χ2v) is 7.68. The van der Waals surface area contributed by atoms with E-state index in [-0.39, 0.29) is 5.91 Å². The first-order chi connectivity index (χ1) is 13.6. The molecule has 0 fully saturated rings. The van der Waals surface area contributed by atoms with Crippen molar-refractivity contribution < 1.29 is 9.53 Å². The van der Waals surface area contributed by atoms with Gasteiger partial charge in [-0.3, -0.25) is 10.1 Å². The molecule has 2 rings (SSSR count). The topological polar surface area (TPSA) is 50.4 Å². The standard InChI is InChI=1S/C22H28N2O2S2/c1-3-4-5-8-15-26-20-10-7-6-9-19(20)21(25)24-22(27)23-16-17-11-13-18(28-2)14-12-17/h6-7,9-14H,3-5,8,15-16H2,1-2H3,(H2,23,24,25,27). The number of ether oxygens (including phenoxy) is 1. The van der Waals surface area contributed by atoms with Gasteiger partial charge in [-0.2, -0.15) is 0 Å². The Labute approximate surface area is 177 Å². The highest BCUT2D eigenvalue weighted by Crippen LogP contribution is 2.18. The molecule has 0 aliphatic carbocycles. The summed E-state index contributed by atoms with van der Waals surface area (Å²) in [4.78, 5) is 13.8. The Hall–Kier alpha value is -2.05. The Morgan fingerprint density at radius 2 is 1.82 bits per heavy atom. The number of rotatable bonds is 10. The SMILES string of the molecule is CCCCCCOc1ccccc1C(=O)NC(=S)NCc1ccc(SC)cc1. The van der Waals surface area contributed by atoms with Gasteiger partial charge in [0.25, 0.3) is 5.91 Å². The lowest BCUT2D eigenvalue weighted by molar-refractivity contribution is 0.0972. The first-order valence-corrected chi connectivity index (χ1v) is 11.2. The zero-order valence-electron chi connectivity index (χ0n) is 16.5. The molecule has 2 aromatic rings. The number of nitrogens with one attached hydrogen (secondary N) is 2. The molecule has 150 valence electrons. The molecular weight excluding hydrogens is 388 g/mol. The van der Waals surface area contributed by atoms with Crippen LogP contribution in [-0.4, -0.2) is 23.9 Å². The monoisotopic (exact) mass is 416 g/mol. The molecule has 0 aliphatic heterocycles. The number of thiocarbonyl (C=S) groups is 1. The second-order valence-electron chi connectivity index (χ2n) is 6.39. The molecule has 0 saturated carbocycles. The Balaban J connectivity index is 1.84. The molecule has 0 atom stereocenters. The summed E-state index contributed by atoms with van der Waals surface area (Å²) in [6, 6.07) is 15.5. The molecule has 0 unspecified atom stereocenters. The van der Waals surface area contributed by atoms with E-state index in [9.17, 15) is 4.79 Å². The number of benzene rings is 2. The van der Waals surface area contributed by atoms with Crippen LogP contribution in [0, 0.1) is 0 Å². The third-order valence-corrected chi connectivity index (χ3v) is 5.22. The van der Waals surface area contributed by atoms with E-state index < -0.39 is 0 Å². The van der Waals surface area contributed by atoms with E-state index in [0.29, 0.717) is 29.6 Å². The predicted molar refractivity (Wildman–Crippen MR) is 121 cm³/mol. The summed E-state index contributed by atoms with van der Waals surface area (Å²) in [7, 11) is 0. The maximum atomic E-state index is 12.6. The van der Waals surface area contributed by atoms with E-state index in [1.165, 1.54) is 17.7 Å². The van der Waals surface area contributed by atoms with Gasteiger partial charge in [-0.15, -0.1) is 11.8 Å². The van der Waals surface area contributed by atoms with E-state index >= 15 is 0 Å². The molecule has 0 aromatic heterocycles. The zero-order chi connectivity index (χ0) is 20.2. The largest absolute Gasteiger partial charge is 0.493 e. The van der Waals surface area contributed by atoms with E-state index in [4.69, 9.17) is 17.0 Å². The van der Waals surface area contributed by atoms with Gasteiger partial charge in [0.1, 0.15) is 5.75 Å². The van der Waals surface area contributed by atoms with Gasteiger partial charge in [0.05, 0.1) is 12.2 Å². The lowest BCUT2D eigenvalue weighted by atomic mass is 10.2. The van der Waals surface area contributed by atoms with Crippen LogP contribution in [0.25, 0.3) is 0 Å². The molecule has 0 bridgehead atoms. The lowest BCUT2D eigenvalue weighted by Gasteiger charge is -2.13. The molecule has 28 heavy (non-hydrogen) atoms. The fourth-order valence-electron chi connectivity index (χ4n) is 2.63. The molecule has 0 heterocycles. The Morgan fingerprint density at radius 3 is 2.54 bits per heavy atom. The number of unbranched alkanes of at least 4 members (excludes halogenated alkanes) is 3. The summed E-state index contributed by atoms with van der Waals surface area (Å²) in [6.07, 6.45) is 6.55. The van der Waals surface area contributed by atoms with Crippen molar-refractivity contribution in [3.05, 3.63) is 59.7 Å². The summed E-state index contributed by atoms with van der Waals surface area (Å²) in [5.41, 5.74) is 1.59. The molecule has 2 aromatic carbocycles. The van der Waals surface area contributed by atoms with E-state index in [2.05, 4.69) is 29.7 Å². The lowest BCUT2D eigenvalue weighted by Crippen LogP contribution is -2.39. The van der Waals surface area contributed by atoms with E-state index in [1.807, 2.05) is 36.6 Å². The summed E-state index contributed by atoms with van der Waals surface area (Å²) < 4.78 is 5.81. The van der Waals surface area contributed by atoms with Gasteiger partial charge >= 0.3 is 0 Å². The normalized spacial score (nSPS) is 10.4. The van der Waals surface area contributed by atoms with Crippen LogP contribution in [0.5, 0.6) is 5.75 Å². The molecule has 1 amide bonds. The van der Waals surface area contributed by atoms with Crippen LogP contribution in [0.2, 0.25) is 0 Å². The van der Waals surface area contributed by atoms with Crippen molar-refractivity contribution in [1.29, 1.82) is 0 Å². The third kappa shape index (κ3) is 7.52. The van der Waals surface area contributed by atoms with Gasteiger partial charge in [-0.25, -0.2) is 0 Å². The van der Waals surface area contributed by atoms with Gasteiger partial charge < -0.3 is 10.1 Å². The minimum absolute atomic E-state index is 0.264. The van der Waals surface area contributed by atoms with Crippen LogP contribution in [0.3, 0.4) is 0 Å². The smallest absolute Gasteiger partial charge is 0.261 e. The first kappa shape index (κ1) is 22.2. The highest BCUT2D eigenvalue weighted by molar-refractivity contribution is 7.98. The molecule has 0 aliphatic rings. The molecule has 0 radical (unpaired) electrons. The second kappa shape index (κ2) is 12.4. The summed E-state index contributed by atoms with van der Waals surface area (Å²) in [5.74, 6) is 0.325. The van der Waals surface area contributed by atoms with E-state index in [1.54, 1.807) is 17.8 Å². The number of hydrogen-bond acceptors (Lipinski definition) is 4. The molecule has 0 saturated heterocycles. The van der Waals surface area contributed by atoms with E-state index in [0.717, 1.165) is 18.4 Å².